The van der Waals surface area contributed by atoms with Crippen LogP contribution in [0.25, 0.3) is 0 Å². The molecule has 0 spiro atoms. The van der Waals surface area contributed by atoms with Gasteiger partial charge >= 0.3 is 0 Å². The fourth-order valence-corrected chi connectivity index (χ4v) is 6.26. The number of sulfone groups is 1. The fraction of sp³-hybridized carbons (Fsp3) is 0.636. The maximum atomic E-state index is 13.2. The van der Waals surface area contributed by atoms with Crippen LogP contribution in [0.5, 0.6) is 5.75 Å². The number of carbonyl (C=O) groups is 2. The van der Waals surface area contributed by atoms with Gasteiger partial charge in [-0.1, -0.05) is 19.3 Å². The lowest BCUT2D eigenvalue weighted by Gasteiger charge is -2.39. The van der Waals surface area contributed by atoms with E-state index in [0.29, 0.717) is 17.9 Å². The van der Waals surface area contributed by atoms with Crippen molar-refractivity contribution < 1.29 is 22.7 Å². The van der Waals surface area contributed by atoms with E-state index >= 15 is 0 Å². The van der Waals surface area contributed by atoms with Crippen LogP contribution in [0, 0.1) is 0 Å². The van der Waals surface area contributed by atoms with E-state index in [9.17, 15) is 18.0 Å². The van der Waals surface area contributed by atoms with Crippen LogP contribution in [0.2, 0.25) is 0 Å². The van der Waals surface area contributed by atoms with Crippen molar-refractivity contribution in [3.8, 4) is 5.75 Å². The zero-order chi connectivity index (χ0) is 22.4. The average molecular weight is 452 g/mol. The van der Waals surface area contributed by atoms with Crippen LogP contribution in [0.1, 0.15) is 38.5 Å². The molecule has 0 bridgehead atoms. The Bertz CT molecular complexity index is 866. The molecule has 1 aromatic carbocycles. The van der Waals surface area contributed by atoms with Gasteiger partial charge in [-0.25, -0.2) is 8.42 Å². The van der Waals surface area contributed by atoms with E-state index in [2.05, 4.69) is 5.32 Å². The number of nitrogens with zero attached hydrogens (tertiary/aromatic N) is 2. The van der Waals surface area contributed by atoms with Gasteiger partial charge in [0, 0.05) is 17.8 Å². The number of hydrogen-bond acceptors (Lipinski definition) is 6. The summed E-state index contributed by atoms with van der Waals surface area (Å²) in [6.45, 7) is 0.155. The number of methoxy groups -OCH3 is 1. The summed E-state index contributed by atoms with van der Waals surface area (Å²) in [5.41, 5.74) is 0.658. The van der Waals surface area contributed by atoms with Gasteiger partial charge in [0.1, 0.15) is 5.75 Å². The van der Waals surface area contributed by atoms with Crippen LogP contribution in [0.15, 0.2) is 24.3 Å². The minimum atomic E-state index is -3.08. The van der Waals surface area contributed by atoms with E-state index in [4.69, 9.17) is 4.74 Å². The molecule has 0 unspecified atom stereocenters. The predicted molar refractivity (Wildman–Crippen MR) is 120 cm³/mol. The average Bonchev–Trinajstić information content (AvgIpc) is 3.08. The van der Waals surface area contributed by atoms with Gasteiger partial charge in [0.15, 0.2) is 9.84 Å². The van der Waals surface area contributed by atoms with Crippen LogP contribution < -0.4 is 10.1 Å². The largest absolute Gasteiger partial charge is 0.497 e. The summed E-state index contributed by atoms with van der Waals surface area (Å²) in [4.78, 5) is 29.1. The summed E-state index contributed by atoms with van der Waals surface area (Å²) < 4.78 is 29.2. The Morgan fingerprint density at radius 1 is 1.03 bits per heavy atom. The van der Waals surface area contributed by atoms with Crippen molar-refractivity contribution >= 4 is 27.3 Å². The standard InChI is InChI=1S/C22H33N3O5S/c1-24(14-21(26)23-17-8-10-20(30-2)11-9-17)15-22(27)25(18-6-4-3-5-7-18)19-12-13-31(28,29)16-19/h8-11,18-19H,3-7,12-16H2,1-2H3,(H,23,26)/t19-/m0/s1. The van der Waals surface area contributed by atoms with Crippen molar-refractivity contribution in [1.82, 2.24) is 9.80 Å². The number of carbonyl (C=O) groups excluding carboxylic acids is 2. The lowest BCUT2D eigenvalue weighted by Crippen LogP contribution is -2.52. The van der Waals surface area contributed by atoms with Crippen LogP contribution in [-0.2, 0) is 19.4 Å². The van der Waals surface area contributed by atoms with E-state index in [1.807, 2.05) is 4.90 Å². The normalized spacial score (nSPS) is 21.1. The van der Waals surface area contributed by atoms with Crippen molar-refractivity contribution in [3.63, 3.8) is 0 Å². The number of nitrogens with one attached hydrogen (secondary N) is 1. The number of amides is 2. The molecule has 1 saturated heterocycles. The van der Waals surface area contributed by atoms with E-state index in [-0.39, 0.29) is 48.5 Å². The fourth-order valence-electron chi connectivity index (χ4n) is 4.55. The highest BCUT2D eigenvalue weighted by Gasteiger charge is 2.38. The Morgan fingerprint density at radius 2 is 1.71 bits per heavy atom. The maximum absolute atomic E-state index is 13.2. The molecule has 1 aliphatic carbocycles. The third-order valence-electron chi connectivity index (χ3n) is 6.05. The first-order chi connectivity index (χ1) is 14.8. The summed E-state index contributed by atoms with van der Waals surface area (Å²) in [5.74, 6) is 0.602. The molecule has 1 saturated carbocycles. The molecule has 1 heterocycles. The first kappa shape index (κ1) is 23.5. The summed E-state index contributed by atoms with van der Waals surface area (Å²) in [5, 5.41) is 2.82. The molecular formula is C22H33N3O5S. The molecule has 9 heteroatoms. The topological polar surface area (TPSA) is 96.0 Å². The third-order valence-corrected chi connectivity index (χ3v) is 7.80. The van der Waals surface area contributed by atoms with E-state index in [1.165, 1.54) is 0 Å². The van der Waals surface area contributed by atoms with Gasteiger partial charge in [0.25, 0.3) is 0 Å². The molecule has 172 valence electrons. The number of likely N-dealkylation sites (N-methyl/N-ethyl adjacent to an activating group) is 1. The summed E-state index contributed by atoms with van der Waals surface area (Å²) in [6, 6.07) is 6.89. The highest BCUT2D eigenvalue weighted by molar-refractivity contribution is 7.91. The molecule has 31 heavy (non-hydrogen) atoms. The lowest BCUT2D eigenvalue weighted by molar-refractivity contribution is -0.137. The van der Waals surface area contributed by atoms with E-state index in [0.717, 1.165) is 32.1 Å². The lowest BCUT2D eigenvalue weighted by atomic mass is 9.93. The van der Waals surface area contributed by atoms with Crippen LogP contribution >= 0.6 is 0 Å². The number of benzene rings is 1. The first-order valence-electron chi connectivity index (χ1n) is 10.9. The Hall–Kier alpha value is -2.13. The van der Waals surface area contributed by atoms with Crippen LogP contribution in [-0.4, -0.2) is 80.9 Å². The number of ether oxygens (including phenoxy) is 1. The smallest absolute Gasteiger partial charge is 0.238 e. The van der Waals surface area contributed by atoms with Gasteiger partial charge in [-0.3, -0.25) is 14.5 Å². The molecule has 1 atom stereocenters. The molecule has 2 aliphatic rings. The Labute approximate surface area is 184 Å². The molecule has 1 N–H and O–H groups in total. The van der Waals surface area contributed by atoms with Crippen molar-refractivity contribution in [2.24, 2.45) is 0 Å². The molecule has 2 amide bonds. The zero-order valence-electron chi connectivity index (χ0n) is 18.4. The second-order valence-corrected chi connectivity index (χ2v) is 10.8. The minimum Gasteiger partial charge on any atom is -0.497 e. The van der Waals surface area contributed by atoms with Crippen LogP contribution in [0.4, 0.5) is 5.69 Å². The monoisotopic (exact) mass is 451 g/mol. The van der Waals surface area contributed by atoms with E-state index in [1.54, 1.807) is 43.3 Å². The predicted octanol–water partition coefficient (Wildman–Crippen LogP) is 1.91. The first-order valence-corrected chi connectivity index (χ1v) is 12.7. The number of anilines is 1. The number of rotatable bonds is 8. The van der Waals surface area contributed by atoms with Gasteiger partial charge in [-0.15, -0.1) is 0 Å². The maximum Gasteiger partial charge on any atom is 0.238 e. The minimum absolute atomic E-state index is 0.0525. The van der Waals surface area contributed by atoms with Gasteiger partial charge in [-0.05, 0) is 50.6 Å². The SMILES string of the molecule is COc1ccc(NC(=O)CN(C)CC(=O)N(C2CCCCC2)[C@H]2CCS(=O)(=O)C2)cc1. The molecule has 2 fully saturated rings. The summed E-state index contributed by atoms with van der Waals surface area (Å²) in [6.07, 6.45) is 5.63. The highest BCUT2D eigenvalue weighted by atomic mass is 32.2. The number of hydrogen-bond donors (Lipinski definition) is 1. The zero-order valence-corrected chi connectivity index (χ0v) is 19.2. The van der Waals surface area contributed by atoms with Crippen LogP contribution in [0.3, 0.4) is 0 Å². The van der Waals surface area contributed by atoms with Crippen molar-refractivity contribution in [1.29, 1.82) is 0 Å². The molecular weight excluding hydrogens is 418 g/mol. The highest BCUT2D eigenvalue weighted by Crippen LogP contribution is 2.28. The van der Waals surface area contributed by atoms with Crippen molar-refractivity contribution in [2.45, 2.75) is 50.6 Å². The van der Waals surface area contributed by atoms with Gasteiger partial charge in [0.2, 0.25) is 11.8 Å². The Balaban J connectivity index is 1.58. The summed E-state index contributed by atoms with van der Waals surface area (Å²) in [7, 11) is 0.232. The van der Waals surface area contributed by atoms with Crippen molar-refractivity contribution in [3.05, 3.63) is 24.3 Å². The summed E-state index contributed by atoms with van der Waals surface area (Å²) >= 11 is 0. The molecule has 0 aromatic heterocycles. The molecule has 8 nitrogen and oxygen atoms in total. The van der Waals surface area contributed by atoms with Gasteiger partial charge in [-0.2, -0.15) is 0 Å². The molecule has 1 aromatic rings. The van der Waals surface area contributed by atoms with Gasteiger partial charge < -0.3 is 15.0 Å². The molecule has 0 radical (unpaired) electrons. The molecule has 3 rings (SSSR count). The van der Waals surface area contributed by atoms with Gasteiger partial charge in [0.05, 0.1) is 31.7 Å². The third kappa shape index (κ3) is 6.67. The van der Waals surface area contributed by atoms with Crippen molar-refractivity contribution in [2.75, 3.05) is 44.1 Å². The second-order valence-electron chi connectivity index (χ2n) is 8.60. The Kier molecular flexibility index (Phi) is 7.94. The van der Waals surface area contributed by atoms with E-state index < -0.39 is 9.84 Å². The quantitative estimate of drug-likeness (QED) is 0.649. The molecule has 1 aliphatic heterocycles. The second kappa shape index (κ2) is 10.5. The Morgan fingerprint density at radius 3 is 2.29 bits per heavy atom.